The van der Waals surface area contributed by atoms with E-state index in [2.05, 4.69) is 74.2 Å². The number of para-hydroxylation sites is 1. The summed E-state index contributed by atoms with van der Waals surface area (Å²) in [4.78, 5) is 25.6. The van der Waals surface area contributed by atoms with Gasteiger partial charge >= 0.3 is 0 Å². The minimum atomic E-state index is 0.269. The van der Waals surface area contributed by atoms with Crippen LogP contribution in [0.2, 0.25) is 0 Å². The van der Waals surface area contributed by atoms with Gasteiger partial charge in [0.1, 0.15) is 0 Å². The van der Waals surface area contributed by atoms with Crippen LogP contribution in [-0.4, -0.2) is 34.9 Å². The van der Waals surface area contributed by atoms with Gasteiger partial charge in [0.25, 0.3) is 0 Å². The normalized spacial score (nSPS) is 16.2. The Kier molecular flexibility index (Phi) is 6.73. The molecule has 1 amide bonds. The molecule has 0 N–H and O–H groups in total. The maximum absolute atomic E-state index is 12.8. The highest BCUT2D eigenvalue weighted by Crippen LogP contribution is 2.34. The van der Waals surface area contributed by atoms with Gasteiger partial charge in [0.05, 0.1) is 12.3 Å². The lowest BCUT2D eigenvalue weighted by atomic mass is 9.95. The average Bonchev–Trinajstić information content (AvgIpc) is 2.98. The number of likely N-dealkylation sites (tertiary alicyclic amines) is 1. The highest BCUT2D eigenvalue weighted by Gasteiger charge is 2.32. The standard InChI is InChI=1S/C33H30N4O/c1-34-28-21-30(25-7-3-2-4-8-25)33(35-22-28)27-13-11-24(12-14-27)23-36-19-17-29(18-20-36)37-31-10-6-5-9-26(31)15-16-32(37)38/h2-14,21-22,29H,15-20,23H2. The van der Waals surface area contributed by atoms with Crippen LogP contribution in [0.1, 0.15) is 30.4 Å². The fraction of sp³-hybridized carbons (Fsp3) is 0.242. The predicted octanol–water partition coefficient (Wildman–Crippen LogP) is 6.91. The van der Waals surface area contributed by atoms with Crippen LogP contribution in [0, 0.1) is 6.57 Å². The third-order valence-corrected chi connectivity index (χ3v) is 7.77. The number of aromatic nitrogens is 1. The van der Waals surface area contributed by atoms with E-state index in [1.807, 2.05) is 30.3 Å². The summed E-state index contributed by atoms with van der Waals surface area (Å²) in [5.74, 6) is 0.269. The fourth-order valence-electron chi connectivity index (χ4n) is 5.80. The van der Waals surface area contributed by atoms with Crippen LogP contribution in [0.5, 0.6) is 0 Å². The van der Waals surface area contributed by atoms with E-state index >= 15 is 0 Å². The minimum Gasteiger partial charge on any atom is -0.309 e. The molecule has 1 saturated heterocycles. The lowest BCUT2D eigenvalue weighted by Gasteiger charge is -2.41. The highest BCUT2D eigenvalue weighted by atomic mass is 16.2. The lowest BCUT2D eigenvalue weighted by Crippen LogP contribution is -2.49. The molecule has 0 bridgehead atoms. The number of pyridine rings is 1. The van der Waals surface area contributed by atoms with Crippen LogP contribution in [0.3, 0.4) is 0 Å². The molecule has 0 spiro atoms. The number of rotatable bonds is 5. The van der Waals surface area contributed by atoms with Gasteiger partial charge in [0.2, 0.25) is 11.6 Å². The monoisotopic (exact) mass is 498 g/mol. The first-order valence-electron chi connectivity index (χ1n) is 13.3. The fourth-order valence-corrected chi connectivity index (χ4v) is 5.80. The van der Waals surface area contributed by atoms with Gasteiger partial charge in [0, 0.05) is 49.5 Å². The predicted molar refractivity (Wildman–Crippen MR) is 152 cm³/mol. The zero-order valence-electron chi connectivity index (χ0n) is 21.4. The highest BCUT2D eigenvalue weighted by molar-refractivity contribution is 5.97. The van der Waals surface area contributed by atoms with E-state index in [0.717, 1.165) is 67.0 Å². The van der Waals surface area contributed by atoms with Crippen LogP contribution in [0.4, 0.5) is 11.4 Å². The Hall–Kier alpha value is -4.27. The molecule has 1 fully saturated rings. The van der Waals surface area contributed by atoms with Gasteiger partial charge in [-0.25, -0.2) is 4.85 Å². The van der Waals surface area contributed by atoms with E-state index < -0.39 is 0 Å². The third-order valence-electron chi connectivity index (χ3n) is 7.77. The number of piperidine rings is 1. The molecule has 0 aliphatic carbocycles. The summed E-state index contributed by atoms with van der Waals surface area (Å²) < 4.78 is 0. The second kappa shape index (κ2) is 10.6. The SMILES string of the molecule is [C-]#[N+]c1cnc(-c2ccc(CN3CCC(N4C(=O)CCc5ccccc54)CC3)cc2)c(-c2ccccc2)c1. The van der Waals surface area contributed by atoms with Crippen molar-refractivity contribution in [3.05, 3.63) is 114 Å². The molecule has 1 aromatic heterocycles. The van der Waals surface area contributed by atoms with E-state index in [1.54, 1.807) is 6.20 Å². The van der Waals surface area contributed by atoms with Crippen molar-refractivity contribution in [2.24, 2.45) is 0 Å². The lowest BCUT2D eigenvalue weighted by molar-refractivity contribution is -0.119. The van der Waals surface area contributed by atoms with Crippen molar-refractivity contribution in [2.45, 2.75) is 38.3 Å². The van der Waals surface area contributed by atoms with Gasteiger partial charge in [0.15, 0.2) is 0 Å². The van der Waals surface area contributed by atoms with Gasteiger partial charge in [-0.05, 0) is 53.6 Å². The number of hydrogen-bond donors (Lipinski definition) is 0. The molecular formula is C33H30N4O. The molecule has 5 nitrogen and oxygen atoms in total. The number of fused-ring (bicyclic) bond motifs is 1. The van der Waals surface area contributed by atoms with Crippen molar-refractivity contribution < 1.29 is 4.79 Å². The first-order chi connectivity index (χ1) is 18.7. The number of amides is 1. The van der Waals surface area contributed by atoms with E-state index in [4.69, 9.17) is 6.57 Å². The molecule has 2 aliphatic rings. The molecule has 38 heavy (non-hydrogen) atoms. The number of carbonyl (C=O) groups excluding carboxylic acids is 1. The van der Waals surface area contributed by atoms with E-state index in [9.17, 15) is 4.79 Å². The molecular weight excluding hydrogens is 468 g/mol. The molecule has 0 radical (unpaired) electrons. The third kappa shape index (κ3) is 4.83. The van der Waals surface area contributed by atoms with Crippen LogP contribution in [0.25, 0.3) is 27.2 Å². The molecule has 4 aromatic rings. The Balaban J connectivity index is 1.14. The van der Waals surface area contributed by atoms with Crippen molar-refractivity contribution in [1.29, 1.82) is 0 Å². The maximum atomic E-state index is 12.8. The van der Waals surface area contributed by atoms with Gasteiger partial charge in [-0.15, -0.1) is 0 Å². The van der Waals surface area contributed by atoms with Crippen LogP contribution in [0.15, 0.2) is 91.1 Å². The van der Waals surface area contributed by atoms with Crippen LogP contribution < -0.4 is 4.90 Å². The summed E-state index contributed by atoms with van der Waals surface area (Å²) in [6.45, 7) is 10.3. The largest absolute Gasteiger partial charge is 0.309 e. The number of carbonyl (C=O) groups is 1. The van der Waals surface area contributed by atoms with Gasteiger partial charge < -0.3 is 4.90 Å². The second-order valence-corrected chi connectivity index (χ2v) is 10.2. The Labute approximate surface area is 224 Å². The molecule has 0 saturated carbocycles. The molecule has 2 aliphatic heterocycles. The summed E-state index contributed by atoms with van der Waals surface area (Å²) in [7, 11) is 0. The zero-order chi connectivity index (χ0) is 25.9. The van der Waals surface area contributed by atoms with Crippen molar-refractivity contribution >= 4 is 17.3 Å². The topological polar surface area (TPSA) is 40.8 Å². The molecule has 0 atom stereocenters. The van der Waals surface area contributed by atoms with Crippen molar-refractivity contribution in [2.75, 3.05) is 18.0 Å². The molecule has 188 valence electrons. The second-order valence-electron chi connectivity index (χ2n) is 10.2. The van der Waals surface area contributed by atoms with Crippen LogP contribution >= 0.6 is 0 Å². The Morgan fingerprint density at radius 1 is 0.868 bits per heavy atom. The Morgan fingerprint density at radius 2 is 1.61 bits per heavy atom. The molecule has 0 unspecified atom stereocenters. The zero-order valence-corrected chi connectivity index (χ0v) is 21.4. The van der Waals surface area contributed by atoms with Crippen LogP contribution in [-0.2, 0) is 17.8 Å². The average molecular weight is 499 g/mol. The molecule has 3 heterocycles. The van der Waals surface area contributed by atoms with Gasteiger partial charge in [-0.1, -0.05) is 72.8 Å². The smallest absolute Gasteiger partial charge is 0.227 e. The van der Waals surface area contributed by atoms with Crippen molar-refractivity contribution in [1.82, 2.24) is 9.88 Å². The first-order valence-corrected chi connectivity index (χ1v) is 13.3. The minimum absolute atomic E-state index is 0.269. The van der Waals surface area contributed by atoms with E-state index in [0.29, 0.717) is 12.1 Å². The van der Waals surface area contributed by atoms with Crippen molar-refractivity contribution in [3.8, 4) is 22.4 Å². The summed E-state index contributed by atoms with van der Waals surface area (Å²) in [6.07, 6.45) is 5.11. The van der Waals surface area contributed by atoms with Gasteiger partial charge in [-0.2, -0.15) is 0 Å². The molecule has 5 heteroatoms. The Morgan fingerprint density at radius 3 is 2.37 bits per heavy atom. The van der Waals surface area contributed by atoms with E-state index in [1.165, 1.54) is 11.1 Å². The van der Waals surface area contributed by atoms with Gasteiger partial charge in [-0.3, -0.25) is 14.7 Å². The quantitative estimate of drug-likeness (QED) is 0.281. The summed E-state index contributed by atoms with van der Waals surface area (Å²) in [5, 5.41) is 0. The number of benzene rings is 3. The van der Waals surface area contributed by atoms with Crippen molar-refractivity contribution in [3.63, 3.8) is 0 Å². The number of nitrogens with zero attached hydrogens (tertiary/aromatic N) is 4. The number of anilines is 1. The summed E-state index contributed by atoms with van der Waals surface area (Å²) in [5.41, 5.74) is 8.19. The van der Waals surface area contributed by atoms with E-state index in [-0.39, 0.29) is 11.9 Å². The maximum Gasteiger partial charge on any atom is 0.227 e. The number of hydrogen-bond acceptors (Lipinski definition) is 3. The summed E-state index contributed by atoms with van der Waals surface area (Å²) >= 11 is 0. The summed E-state index contributed by atoms with van der Waals surface area (Å²) in [6, 6.07) is 29.4. The molecule has 3 aromatic carbocycles. The Bertz CT molecular complexity index is 1480. The first kappa shape index (κ1) is 24.1. The molecule has 6 rings (SSSR count). The number of aryl methyl sites for hydroxylation is 1.